The molecular weight excluding hydrogens is 282 g/mol. The number of hydrogen-bond donors (Lipinski definition) is 1. The Balaban J connectivity index is 2.35. The van der Waals surface area contributed by atoms with Crippen LogP contribution in [0.5, 0.6) is 0 Å². The minimum Gasteiger partial charge on any atom is -0.383 e. The Kier molecular flexibility index (Phi) is 7.46. The van der Waals surface area contributed by atoms with Crippen molar-refractivity contribution in [3.05, 3.63) is 38.9 Å². The fourth-order valence-corrected chi connectivity index (χ4v) is 1.86. The number of nitro benzene ring substituents is 1. The van der Waals surface area contributed by atoms with Crippen molar-refractivity contribution in [2.45, 2.75) is 6.54 Å². The lowest BCUT2D eigenvalue weighted by atomic mass is 10.2. The van der Waals surface area contributed by atoms with Crippen molar-refractivity contribution >= 4 is 17.3 Å². The summed E-state index contributed by atoms with van der Waals surface area (Å²) in [6.45, 7) is 3.86. The fourth-order valence-electron chi connectivity index (χ4n) is 1.67. The summed E-state index contributed by atoms with van der Waals surface area (Å²) < 4.78 is 5.00. The largest absolute Gasteiger partial charge is 0.383 e. The molecule has 0 aromatic heterocycles. The molecule has 0 aliphatic rings. The zero-order chi connectivity index (χ0) is 15.0. The summed E-state index contributed by atoms with van der Waals surface area (Å²) in [6.07, 6.45) is 0. The van der Waals surface area contributed by atoms with Gasteiger partial charge in [-0.05, 0) is 18.7 Å². The molecule has 0 unspecified atom stereocenters. The number of hydrogen-bond acceptors (Lipinski definition) is 5. The van der Waals surface area contributed by atoms with Gasteiger partial charge in [0.2, 0.25) is 0 Å². The van der Waals surface area contributed by atoms with Gasteiger partial charge in [-0.2, -0.15) is 0 Å². The first-order chi connectivity index (χ1) is 9.54. The highest BCUT2D eigenvalue weighted by Gasteiger charge is 2.12. The lowest BCUT2D eigenvalue weighted by Crippen LogP contribution is -2.31. The average Bonchev–Trinajstić information content (AvgIpc) is 2.42. The minimum atomic E-state index is -0.468. The van der Waals surface area contributed by atoms with E-state index in [0.29, 0.717) is 13.2 Å². The zero-order valence-electron chi connectivity index (χ0n) is 11.8. The van der Waals surface area contributed by atoms with Gasteiger partial charge in [0.05, 0.1) is 11.5 Å². The molecular formula is C13H20ClN3O3. The van der Waals surface area contributed by atoms with E-state index in [0.717, 1.165) is 25.2 Å². The summed E-state index contributed by atoms with van der Waals surface area (Å²) in [5.74, 6) is 0. The van der Waals surface area contributed by atoms with E-state index in [2.05, 4.69) is 10.2 Å². The van der Waals surface area contributed by atoms with Crippen molar-refractivity contribution in [3.63, 3.8) is 0 Å². The summed E-state index contributed by atoms with van der Waals surface area (Å²) >= 11 is 5.76. The molecule has 0 atom stereocenters. The van der Waals surface area contributed by atoms with Crippen molar-refractivity contribution in [1.82, 2.24) is 10.2 Å². The molecule has 112 valence electrons. The number of rotatable bonds is 9. The Morgan fingerprint density at radius 3 is 2.85 bits per heavy atom. The maximum Gasteiger partial charge on any atom is 0.288 e. The first-order valence-corrected chi connectivity index (χ1v) is 6.73. The molecule has 0 aliphatic carbocycles. The predicted molar refractivity (Wildman–Crippen MR) is 79.2 cm³/mol. The van der Waals surface area contributed by atoms with E-state index in [-0.39, 0.29) is 10.7 Å². The highest BCUT2D eigenvalue weighted by atomic mass is 35.5. The van der Waals surface area contributed by atoms with Crippen molar-refractivity contribution in [2.24, 2.45) is 0 Å². The van der Waals surface area contributed by atoms with E-state index in [4.69, 9.17) is 16.3 Å². The van der Waals surface area contributed by atoms with Gasteiger partial charge in [0.25, 0.3) is 5.69 Å². The third-order valence-electron chi connectivity index (χ3n) is 2.88. The molecule has 0 heterocycles. The fraction of sp³-hybridized carbons (Fsp3) is 0.538. The molecule has 1 rings (SSSR count). The Hall–Kier alpha value is -1.21. The second-order valence-electron chi connectivity index (χ2n) is 4.52. The normalized spacial score (nSPS) is 11.0. The predicted octanol–water partition coefficient (Wildman–Crippen LogP) is 1.92. The van der Waals surface area contributed by atoms with Crippen LogP contribution in [0.2, 0.25) is 5.02 Å². The van der Waals surface area contributed by atoms with Crippen LogP contribution >= 0.6 is 11.6 Å². The van der Waals surface area contributed by atoms with Crippen molar-refractivity contribution < 1.29 is 9.66 Å². The van der Waals surface area contributed by atoms with Crippen molar-refractivity contribution in [2.75, 3.05) is 40.4 Å². The molecule has 0 saturated carbocycles. The maximum absolute atomic E-state index is 10.8. The molecule has 0 saturated heterocycles. The van der Waals surface area contributed by atoms with E-state index >= 15 is 0 Å². The summed E-state index contributed by atoms with van der Waals surface area (Å²) in [5, 5.41) is 14.2. The Morgan fingerprint density at radius 2 is 2.20 bits per heavy atom. The first kappa shape index (κ1) is 16.8. The average molecular weight is 302 g/mol. The van der Waals surface area contributed by atoms with Gasteiger partial charge >= 0.3 is 0 Å². The first-order valence-electron chi connectivity index (χ1n) is 6.35. The molecule has 1 aromatic rings. The van der Waals surface area contributed by atoms with Crippen LogP contribution in [0.25, 0.3) is 0 Å². The molecule has 0 radical (unpaired) electrons. The quantitative estimate of drug-likeness (QED) is 0.429. The summed E-state index contributed by atoms with van der Waals surface area (Å²) in [5.41, 5.74) is 0.795. The van der Waals surface area contributed by atoms with Gasteiger partial charge in [-0.25, -0.2) is 0 Å². The molecule has 0 spiro atoms. The van der Waals surface area contributed by atoms with Crippen LogP contribution < -0.4 is 5.32 Å². The number of methoxy groups -OCH3 is 1. The van der Waals surface area contributed by atoms with E-state index in [1.54, 1.807) is 19.2 Å². The molecule has 1 N–H and O–H groups in total. The van der Waals surface area contributed by atoms with Crippen LogP contribution in [0, 0.1) is 10.1 Å². The van der Waals surface area contributed by atoms with Gasteiger partial charge < -0.3 is 15.0 Å². The molecule has 1 aromatic carbocycles. The zero-order valence-corrected chi connectivity index (χ0v) is 12.5. The summed E-state index contributed by atoms with van der Waals surface area (Å²) in [4.78, 5) is 12.5. The number of ether oxygens (including phenoxy) is 1. The van der Waals surface area contributed by atoms with E-state index in [1.807, 2.05) is 7.05 Å². The van der Waals surface area contributed by atoms with Gasteiger partial charge in [-0.3, -0.25) is 10.1 Å². The smallest absolute Gasteiger partial charge is 0.288 e. The van der Waals surface area contributed by atoms with Gasteiger partial charge in [-0.15, -0.1) is 0 Å². The standard InChI is InChI=1S/C13H20ClN3O3/c1-16(7-8-20-2)6-5-15-10-11-3-4-12(14)13(9-11)17(18)19/h3-4,9,15H,5-8,10H2,1-2H3. The van der Waals surface area contributed by atoms with Crippen molar-refractivity contribution in [1.29, 1.82) is 0 Å². The number of nitrogens with one attached hydrogen (secondary N) is 1. The van der Waals surface area contributed by atoms with Crippen LogP contribution in [0.1, 0.15) is 5.56 Å². The van der Waals surface area contributed by atoms with Crippen LogP contribution in [0.4, 0.5) is 5.69 Å². The van der Waals surface area contributed by atoms with E-state index in [9.17, 15) is 10.1 Å². The molecule has 0 fully saturated rings. The van der Waals surface area contributed by atoms with Crippen LogP contribution in [-0.2, 0) is 11.3 Å². The van der Waals surface area contributed by atoms with Gasteiger partial charge in [0.15, 0.2) is 0 Å². The topological polar surface area (TPSA) is 67.6 Å². The highest BCUT2D eigenvalue weighted by molar-refractivity contribution is 6.32. The van der Waals surface area contributed by atoms with Gasteiger partial charge in [0.1, 0.15) is 5.02 Å². The molecule has 6 nitrogen and oxygen atoms in total. The van der Waals surface area contributed by atoms with E-state index in [1.165, 1.54) is 6.07 Å². The summed E-state index contributed by atoms with van der Waals surface area (Å²) in [7, 11) is 3.70. The van der Waals surface area contributed by atoms with Gasteiger partial charge in [0, 0.05) is 39.4 Å². The SMILES string of the molecule is COCCN(C)CCNCc1ccc(Cl)c([N+](=O)[O-])c1. The lowest BCUT2D eigenvalue weighted by Gasteiger charge is -2.16. The second kappa shape index (κ2) is 8.86. The number of likely N-dealkylation sites (N-methyl/N-ethyl adjacent to an activating group) is 1. The lowest BCUT2D eigenvalue weighted by molar-refractivity contribution is -0.384. The Bertz CT molecular complexity index is 443. The third-order valence-corrected chi connectivity index (χ3v) is 3.20. The Morgan fingerprint density at radius 1 is 1.45 bits per heavy atom. The van der Waals surface area contributed by atoms with Crippen LogP contribution in [0.3, 0.4) is 0 Å². The minimum absolute atomic E-state index is 0.0526. The van der Waals surface area contributed by atoms with Crippen LogP contribution in [0.15, 0.2) is 18.2 Å². The number of halogens is 1. The van der Waals surface area contributed by atoms with Gasteiger partial charge in [-0.1, -0.05) is 17.7 Å². The summed E-state index contributed by atoms with van der Waals surface area (Å²) in [6, 6.07) is 4.85. The number of benzene rings is 1. The number of nitro groups is 1. The molecule has 20 heavy (non-hydrogen) atoms. The highest BCUT2D eigenvalue weighted by Crippen LogP contribution is 2.24. The molecule has 7 heteroatoms. The van der Waals surface area contributed by atoms with Crippen LogP contribution in [-0.4, -0.2) is 50.2 Å². The molecule has 0 bridgehead atoms. The number of nitrogens with zero attached hydrogens (tertiary/aromatic N) is 2. The third kappa shape index (κ3) is 5.83. The van der Waals surface area contributed by atoms with Crippen molar-refractivity contribution in [3.8, 4) is 0 Å². The Labute approximate surface area is 123 Å². The second-order valence-corrected chi connectivity index (χ2v) is 4.92. The monoisotopic (exact) mass is 301 g/mol. The van der Waals surface area contributed by atoms with E-state index < -0.39 is 4.92 Å². The molecule has 0 amide bonds. The molecule has 0 aliphatic heterocycles. The maximum atomic E-state index is 10.8.